The van der Waals surface area contributed by atoms with Crippen LogP contribution in [0.15, 0.2) is 0 Å². The summed E-state index contributed by atoms with van der Waals surface area (Å²) < 4.78 is 0.535. The molecule has 0 atom stereocenters. The van der Waals surface area contributed by atoms with Crippen LogP contribution < -0.4 is 0 Å². The zero-order valence-electron chi connectivity index (χ0n) is 5.77. The summed E-state index contributed by atoms with van der Waals surface area (Å²) in [6.07, 6.45) is 0. The third kappa shape index (κ3) is 4.40. The molecule has 0 aliphatic carbocycles. The minimum atomic E-state index is 0.268. The van der Waals surface area contributed by atoms with E-state index in [9.17, 15) is 0 Å². The van der Waals surface area contributed by atoms with Crippen molar-refractivity contribution in [2.24, 2.45) is 5.41 Å². The first-order valence-corrected chi connectivity index (χ1v) is 9.11. The van der Waals surface area contributed by atoms with E-state index in [-0.39, 0.29) is -1.13 Å². The van der Waals surface area contributed by atoms with Crippen molar-refractivity contribution in [3.63, 3.8) is 0 Å². The van der Waals surface area contributed by atoms with Gasteiger partial charge < -0.3 is 0 Å². The van der Waals surface area contributed by atoms with E-state index in [1.54, 1.807) is 0 Å². The first-order chi connectivity index (χ1) is 4.50. The highest BCUT2D eigenvalue weighted by atomic mass is 127. The molecule has 0 heterocycles. The van der Waals surface area contributed by atoms with E-state index in [1.165, 1.54) is 0 Å². The van der Waals surface area contributed by atoms with Crippen LogP contribution in [0, 0.1) is 5.41 Å². The molecule has 0 saturated carbocycles. The monoisotopic (exact) mass is 827 g/mol. The van der Waals surface area contributed by atoms with E-state index in [0.29, 0.717) is 5.41 Å². The zero-order valence-corrected chi connectivity index (χ0v) is 18.7. The lowest BCUT2D eigenvalue weighted by atomic mass is 10.0. The summed E-state index contributed by atoms with van der Waals surface area (Å²) in [5, 5.41) is 0. The maximum Gasteiger partial charge on any atom is 0.132 e. The van der Waals surface area contributed by atoms with Crippen LogP contribution in [0.3, 0.4) is 0 Å². The molecule has 0 aliphatic rings. The van der Waals surface area contributed by atoms with Gasteiger partial charge in [0.2, 0.25) is 0 Å². The van der Waals surface area contributed by atoms with Gasteiger partial charge >= 0.3 is 0 Å². The Morgan fingerprint density at radius 2 is 0.818 bits per heavy atom. The van der Waals surface area contributed by atoms with E-state index in [2.05, 4.69) is 149 Å². The van der Waals surface area contributed by atoms with Crippen LogP contribution in [-0.4, -0.2) is -1.13 Å². The van der Waals surface area contributed by atoms with Crippen molar-refractivity contribution >= 4 is 136 Å². The molecule has 0 radical (unpaired) electrons. The van der Waals surface area contributed by atoms with Crippen LogP contribution in [0.5, 0.6) is 0 Å². The molecule has 0 aromatic heterocycles. The molecule has 0 bridgehead atoms. The third-order valence-electron chi connectivity index (χ3n) is 1.42. The average molecular weight is 828 g/mol. The topological polar surface area (TPSA) is 0 Å². The van der Waals surface area contributed by atoms with Crippen LogP contribution in [0.25, 0.3) is 0 Å². The van der Waals surface area contributed by atoms with E-state index in [0.717, 1.165) is 0 Å². The highest BCUT2D eigenvalue weighted by molar-refractivity contribution is 14.3. The maximum atomic E-state index is 2.50. The Kier molecular flexibility index (Phi) is 7.19. The average Bonchev–Trinajstić information content (AvgIpc) is 1.58. The van der Waals surface area contributed by atoms with Gasteiger partial charge in [0.15, 0.2) is 0 Å². The number of hydrogen-bond acceptors (Lipinski definition) is 0. The molecule has 0 aromatic carbocycles. The Bertz CT molecular complexity index is 122. The van der Waals surface area contributed by atoms with Crippen molar-refractivity contribution in [1.29, 1.82) is 0 Å². The maximum absolute atomic E-state index is 2.50. The van der Waals surface area contributed by atoms with Crippen molar-refractivity contribution in [1.82, 2.24) is 0 Å². The van der Waals surface area contributed by atoms with Gasteiger partial charge in [0.05, 0.1) is 0 Å². The minimum absolute atomic E-state index is 0.268. The fraction of sp³-hybridized carbons (Fsp3) is 1.00. The summed E-state index contributed by atoms with van der Waals surface area (Å²) in [7, 11) is 0. The Labute approximate surface area is 150 Å². The van der Waals surface area contributed by atoms with Crippen molar-refractivity contribution in [2.45, 2.75) is 12.7 Å². The Morgan fingerprint density at radius 3 is 0.818 bits per heavy atom. The van der Waals surface area contributed by atoms with E-state index >= 15 is 0 Å². The highest BCUT2D eigenvalue weighted by Gasteiger charge is 2.50. The molecular weight excluding hydrogens is 821 g/mol. The molecule has 0 fully saturated rings. The van der Waals surface area contributed by atoms with Gasteiger partial charge in [0.1, 0.15) is -1.13 Å². The standard InChI is InChI=1S/C5H6I6/c1-3(2,4(6,7)8)5(9,10)11/h1-2H3. The third-order valence-corrected chi connectivity index (χ3v) is 9.51. The van der Waals surface area contributed by atoms with Crippen molar-refractivity contribution < 1.29 is 0 Å². The summed E-state index contributed by atoms with van der Waals surface area (Å²) in [5.41, 5.74) is 0.295. The van der Waals surface area contributed by atoms with E-state index < -0.39 is 0 Å². The molecule has 11 heavy (non-hydrogen) atoms. The molecule has 0 N–H and O–H groups in total. The van der Waals surface area contributed by atoms with Crippen LogP contribution >= 0.6 is 136 Å². The molecule has 0 spiro atoms. The van der Waals surface area contributed by atoms with Gasteiger partial charge in [-0.2, -0.15) is 0 Å². The first-order valence-electron chi connectivity index (χ1n) is 2.63. The van der Waals surface area contributed by atoms with Gasteiger partial charge in [0, 0.05) is 5.41 Å². The van der Waals surface area contributed by atoms with Gasteiger partial charge in [-0.3, -0.25) is 0 Å². The van der Waals surface area contributed by atoms with Crippen LogP contribution in [-0.2, 0) is 0 Å². The lowest BCUT2D eigenvalue weighted by Crippen LogP contribution is -2.38. The molecule has 0 unspecified atom stereocenters. The highest BCUT2D eigenvalue weighted by Crippen LogP contribution is 2.63. The zero-order chi connectivity index (χ0) is 9.50. The SMILES string of the molecule is CC(C)(C(I)(I)I)C(I)(I)I. The first kappa shape index (κ1) is 15.4. The number of rotatable bonds is 2. The van der Waals surface area contributed by atoms with Gasteiger partial charge in [-0.15, -0.1) is 0 Å². The number of halogens is 6. The lowest BCUT2D eigenvalue weighted by Gasteiger charge is -2.40. The predicted octanol–water partition coefficient (Wildman–Crippen LogP) is 5.93. The second kappa shape index (κ2) is 5.14. The summed E-state index contributed by atoms with van der Waals surface area (Å²) >= 11 is 15.0. The molecule has 0 rings (SSSR count). The minimum Gasteiger partial charge on any atom is -0.0547 e. The van der Waals surface area contributed by atoms with Crippen LogP contribution in [0.4, 0.5) is 0 Å². The largest absolute Gasteiger partial charge is 0.132 e. The second-order valence-electron chi connectivity index (χ2n) is 2.62. The smallest absolute Gasteiger partial charge is 0.0547 e. The molecule has 0 aliphatic heterocycles. The Balaban J connectivity index is 4.75. The van der Waals surface area contributed by atoms with Gasteiger partial charge in [-0.1, -0.05) is 149 Å². The molecule has 68 valence electrons. The predicted molar refractivity (Wildman–Crippen MR) is 103 cm³/mol. The van der Waals surface area contributed by atoms with E-state index in [4.69, 9.17) is 0 Å². The van der Waals surface area contributed by atoms with Crippen molar-refractivity contribution in [2.75, 3.05) is 0 Å². The van der Waals surface area contributed by atoms with E-state index in [1.807, 2.05) is 0 Å². The molecule has 6 heteroatoms. The Morgan fingerprint density at radius 1 is 0.636 bits per heavy atom. The van der Waals surface area contributed by atoms with Crippen LogP contribution in [0.2, 0.25) is 0 Å². The quantitative estimate of drug-likeness (QED) is 0.240. The molecule has 0 nitrogen and oxygen atoms in total. The molecule has 0 amide bonds. The molecular formula is C5H6I6. The fourth-order valence-electron chi connectivity index (χ4n) is 0.161. The summed E-state index contributed by atoms with van der Waals surface area (Å²) in [6, 6.07) is 0. The summed E-state index contributed by atoms with van der Waals surface area (Å²) in [5.74, 6) is 0. The summed E-state index contributed by atoms with van der Waals surface area (Å²) in [6.45, 7) is 4.62. The van der Waals surface area contributed by atoms with Crippen molar-refractivity contribution in [3.05, 3.63) is 0 Å². The normalized spacial score (nSPS) is 15.3. The Hall–Kier alpha value is 4.38. The van der Waals surface area contributed by atoms with Gasteiger partial charge in [-0.25, -0.2) is 0 Å². The molecule has 0 aromatic rings. The van der Waals surface area contributed by atoms with Gasteiger partial charge in [-0.05, 0) is 0 Å². The lowest BCUT2D eigenvalue weighted by molar-refractivity contribution is 0.471. The van der Waals surface area contributed by atoms with Gasteiger partial charge in [0.25, 0.3) is 0 Å². The second-order valence-corrected chi connectivity index (χ2v) is 24.7. The summed E-state index contributed by atoms with van der Waals surface area (Å²) in [4.78, 5) is 0. The van der Waals surface area contributed by atoms with Crippen LogP contribution in [0.1, 0.15) is 13.8 Å². The number of alkyl halides is 6. The molecule has 0 saturated heterocycles. The fourth-order valence-corrected chi connectivity index (χ4v) is 7.23. The van der Waals surface area contributed by atoms with Crippen molar-refractivity contribution in [3.8, 4) is 0 Å². The number of hydrogen-bond donors (Lipinski definition) is 0.